The number of para-hydroxylation sites is 1. The van der Waals surface area contributed by atoms with Crippen LogP contribution in [0.25, 0.3) is 22.0 Å². The summed E-state index contributed by atoms with van der Waals surface area (Å²) < 4.78 is 17.2. The number of pyridine rings is 1. The maximum absolute atomic E-state index is 12.8. The zero-order chi connectivity index (χ0) is 24.9. The summed E-state index contributed by atoms with van der Waals surface area (Å²) in [6.07, 6.45) is 5.38. The van der Waals surface area contributed by atoms with Crippen molar-refractivity contribution in [3.05, 3.63) is 65.9 Å². The average Bonchev–Trinajstić information content (AvgIpc) is 3.47. The fraction of sp³-hybridized carbons (Fsp3) is 0.467. The fourth-order valence-electron chi connectivity index (χ4n) is 5.58. The molecule has 2 atom stereocenters. The Kier molecular flexibility index (Phi) is 7.95. The second kappa shape index (κ2) is 11.5. The van der Waals surface area contributed by atoms with Crippen LogP contribution in [-0.4, -0.2) is 61.9 Å². The van der Waals surface area contributed by atoms with Crippen LogP contribution >= 0.6 is 0 Å². The zero-order valence-corrected chi connectivity index (χ0v) is 21.3. The highest BCUT2D eigenvalue weighted by atomic mass is 16.5. The van der Waals surface area contributed by atoms with E-state index in [9.17, 15) is 4.79 Å². The Morgan fingerprint density at radius 3 is 2.58 bits per heavy atom. The molecule has 1 unspecified atom stereocenters. The van der Waals surface area contributed by atoms with Gasteiger partial charge in [0.25, 0.3) is 5.91 Å². The molecule has 2 saturated heterocycles. The Bertz CT molecular complexity index is 1170. The number of hydrogen-bond acceptors (Lipinski definition) is 5. The second-order valence-corrected chi connectivity index (χ2v) is 9.88. The van der Waals surface area contributed by atoms with Crippen molar-refractivity contribution in [2.75, 3.05) is 40.0 Å². The van der Waals surface area contributed by atoms with Gasteiger partial charge in [0.15, 0.2) is 0 Å². The molecule has 5 rings (SSSR count). The molecule has 2 aliphatic heterocycles. The number of carbonyl (C=O) groups excluding carboxylic acids is 1. The van der Waals surface area contributed by atoms with Crippen LogP contribution in [-0.2, 0) is 19.0 Å². The standard InChI is InChI=1S/C30H36N2O4/c1-21-25-6-3-4-7-27(25)31-20-26(21)22-9-11-23(12-10-22)29(36-19-18-34-2)24-13-15-32(16-14-24)30(33)28-8-5-17-35-28/h3-4,6-7,9-12,20,24,28-29H,5,8,13-19H2,1-2H3/t28-,29?/m1/s1. The van der Waals surface area contributed by atoms with Crippen LogP contribution in [0.3, 0.4) is 0 Å². The highest BCUT2D eigenvalue weighted by Gasteiger charge is 2.34. The summed E-state index contributed by atoms with van der Waals surface area (Å²) in [5.41, 5.74) is 5.74. The molecule has 0 spiro atoms. The van der Waals surface area contributed by atoms with E-state index in [1.807, 2.05) is 17.2 Å². The van der Waals surface area contributed by atoms with Gasteiger partial charge in [0, 0.05) is 44.0 Å². The SMILES string of the molecule is COCCOC(c1ccc(-c2cnc3ccccc3c2C)cc1)C1CCN(C(=O)[C@H]2CCCO2)CC1. The number of hydrogen-bond donors (Lipinski definition) is 0. The van der Waals surface area contributed by atoms with Crippen molar-refractivity contribution >= 4 is 16.8 Å². The molecule has 36 heavy (non-hydrogen) atoms. The molecule has 0 saturated carbocycles. The number of likely N-dealkylation sites (tertiary alicyclic amines) is 1. The Hall–Kier alpha value is -2.80. The van der Waals surface area contributed by atoms with Gasteiger partial charge in [-0.15, -0.1) is 0 Å². The molecule has 0 bridgehead atoms. The maximum Gasteiger partial charge on any atom is 0.251 e. The fourth-order valence-corrected chi connectivity index (χ4v) is 5.58. The van der Waals surface area contributed by atoms with Gasteiger partial charge >= 0.3 is 0 Å². The Morgan fingerprint density at radius 2 is 1.86 bits per heavy atom. The number of nitrogens with zero attached hydrogens (tertiary/aromatic N) is 2. The predicted molar refractivity (Wildman–Crippen MR) is 141 cm³/mol. The lowest BCUT2D eigenvalue weighted by Crippen LogP contribution is -2.44. The smallest absolute Gasteiger partial charge is 0.251 e. The molecular weight excluding hydrogens is 452 g/mol. The summed E-state index contributed by atoms with van der Waals surface area (Å²) in [5, 5.41) is 1.18. The molecule has 1 amide bonds. The number of rotatable bonds is 8. The molecule has 3 heterocycles. The van der Waals surface area contributed by atoms with E-state index in [1.54, 1.807) is 7.11 Å². The lowest BCUT2D eigenvalue weighted by molar-refractivity contribution is -0.143. The molecular formula is C30H36N2O4. The summed E-state index contributed by atoms with van der Waals surface area (Å²) in [7, 11) is 1.70. The van der Waals surface area contributed by atoms with Crippen LogP contribution in [0.5, 0.6) is 0 Å². The van der Waals surface area contributed by atoms with E-state index in [1.165, 1.54) is 16.5 Å². The van der Waals surface area contributed by atoms with Crippen molar-refractivity contribution in [3.63, 3.8) is 0 Å². The molecule has 1 aromatic heterocycles. The highest BCUT2D eigenvalue weighted by Crippen LogP contribution is 2.36. The van der Waals surface area contributed by atoms with Crippen LogP contribution in [0.2, 0.25) is 0 Å². The van der Waals surface area contributed by atoms with Crippen molar-refractivity contribution in [1.82, 2.24) is 9.88 Å². The summed E-state index contributed by atoms with van der Waals surface area (Å²) in [6, 6.07) is 17.0. The molecule has 2 aliphatic rings. The van der Waals surface area contributed by atoms with Crippen molar-refractivity contribution in [2.24, 2.45) is 5.92 Å². The van der Waals surface area contributed by atoms with Gasteiger partial charge in [0.2, 0.25) is 0 Å². The number of carbonyl (C=O) groups is 1. The van der Waals surface area contributed by atoms with Crippen molar-refractivity contribution < 1.29 is 19.0 Å². The summed E-state index contributed by atoms with van der Waals surface area (Å²) in [4.78, 5) is 19.4. The third-order valence-electron chi connectivity index (χ3n) is 7.66. The van der Waals surface area contributed by atoms with Crippen LogP contribution < -0.4 is 0 Å². The number of fused-ring (bicyclic) bond motifs is 1. The number of amides is 1. The first-order valence-electron chi connectivity index (χ1n) is 13.1. The number of piperidine rings is 1. The minimum Gasteiger partial charge on any atom is -0.382 e. The summed E-state index contributed by atoms with van der Waals surface area (Å²) >= 11 is 0. The zero-order valence-electron chi connectivity index (χ0n) is 21.3. The normalized spacial score (nSPS) is 19.6. The average molecular weight is 489 g/mol. The number of aryl methyl sites for hydroxylation is 1. The van der Waals surface area contributed by atoms with E-state index >= 15 is 0 Å². The van der Waals surface area contributed by atoms with Gasteiger partial charge in [-0.2, -0.15) is 0 Å². The minimum atomic E-state index is -0.240. The highest BCUT2D eigenvalue weighted by molar-refractivity contribution is 5.88. The van der Waals surface area contributed by atoms with E-state index in [0.717, 1.165) is 55.4 Å². The van der Waals surface area contributed by atoms with Crippen LogP contribution in [0, 0.1) is 12.8 Å². The van der Waals surface area contributed by atoms with E-state index in [-0.39, 0.29) is 18.1 Å². The van der Waals surface area contributed by atoms with E-state index in [2.05, 4.69) is 54.4 Å². The van der Waals surface area contributed by atoms with Gasteiger partial charge in [0.1, 0.15) is 6.10 Å². The van der Waals surface area contributed by atoms with Crippen molar-refractivity contribution in [1.29, 1.82) is 0 Å². The minimum absolute atomic E-state index is 0.0231. The molecule has 3 aromatic rings. The van der Waals surface area contributed by atoms with Gasteiger partial charge in [-0.05, 0) is 61.3 Å². The Morgan fingerprint density at radius 1 is 1.08 bits per heavy atom. The topological polar surface area (TPSA) is 60.9 Å². The van der Waals surface area contributed by atoms with Gasteiger partial charge in [0.05, 0.1) is 24.8 Å². The van der Waals surface area contributed by atoms with Gasteiger partial charge in [-0.3, -0.25) is 9.78 Å². The number of methoxy groups -OCH3 is 1. The molecule has 6 nitrogen and oxygen atoms in total. The first-order valence-corrected chi connectivity index (χ1v) is 13.1. The maximum atomic E-state index is 12.8. The molecule has 0 N–H and O–H groups in total. The Labute approximate surface area is 213 Å². The monoisotopic (exact) mass is 488 g/mol. The summed E-state index contributed by atoms with van der Waals surface area (Å²) in [5.74, 6) is 0.511. The number of ether oxygens (including phenoxy) is 3. The molecule has 190 valence electrons. The predicted octanol–water partition coefficient (Wildman–Crippen LogP) is 5.33. The molecule has 2 aromatic carbocycles. The van der Waals surface area contributed by atoms with Crippen LogP contribution in [0.15, 0.2) is 54.7 Å². The lowest BCUT2D eigenvalue weighted by Gasteiger charge is -2.37. The first-order chi connectivity index (χ1) is 17.7. The second-order valence-electron chi connectivity index (χ2n) is 9.88. The Balaban J connectivity index is 1.31. The van der Waals surface area contributed by atoms with E-state index < -0.39 is 0 Å². The number of benzene rings is 2. The molecule has 2 fully saturated rings. The van der Waals surface area contributed by atoms with E-state index in [4.69, 9.17) is 14.2 Å². The van der Waals surface area contributed by atoms with Crippen molar-refractivity contribution in [3.8, 4) is 11.1 Å². The molecule has 6 heteroatoms. The van der Waals surface area contributed by atoms with Gasteiger partial charge < -0.3 is 19.1 Å². The van der Waals surface area contributed by atoms with Crippen LogP contribution in [0.4, 0.5) is 0 Å². The third kappa shape index (κ3) is 5.31. The molecule has 0 radical (unpaired) electrons. The van der Waals surface area contributed by atoms with Gasteiger partial charge in [-0.1, -0.05) is 42.5 Å². The molecule has 0 aliphatic carbocycles. The largest absolute Gasteiger partial charge is 0.382 e. The van der Waals surface area contributed by atoms with Crippen molar-refractivity contribution in [2.45, 2.75) is 44.8 Å². The number of aromatic nitrogens is 1. The summed E-state index contributed by atoms with van der Waals surface area (Å²) in [6.45, 7) is 5.49. The lowest BCUT2D eigenvalue weighted by atomic mass is 9.86. The van der Waals surface area contributed by atoms with E-state index in [0.29, 0.717) is 25.7 Å². The quantitative estimate of drug-likeness (QED) is 0.401. The van der Waals surface area contributed by atoms with Gasteiger partial charge in [-0.25, -0.2) is 0 Å². The first kappa shape index (κ1) is 24.9. The van der Waals surface area contributed by atoms with Crippen LogP contribution in [0.1, 0.15) is 42.9 Å². The third-order valence-corrected chi connectivity index (χ3v) is 7.66.